The minimum atomic E-state index is -4.68. The van der Waals surface area contributed by atoms with Gasteiger partial charge in [0, 0.05) is 6.61 Å². The van der Waals surface area contributed by atoms with Gasteiger partial charge in [0.05, 0.1) is 0 Å². The Labute approximate surface area is 115 Å². The molecule has 0 aliphatic heterocycles. The zero-order chi connectivity index (χ0) is 15.8. The predicted octanol–water partition coefficient (Wildman–Crippen LogP) is 2.93. The molecule has 0 aliphatic rings. The fourth-order valence-corrected chi connectivity index (χ4v) is 1.55. The Hall–Kier alpha value is -1.15. The van der Waals surface area contributed by atoms with Crippen LogP contribution in [0.2, 0.25) is 0 Å². The van der Waals surface area contributed by atoms with Crippen LogP contribution in [0.3, 0.4) is 0 Å². The summed E-state index contributed by atoms with van der Waals surface area (Å²) in [6.07, 6.45) is -5.26. The summed E-state index contributed by atoms with van der Waals surface area (Å²) >= 11 is 0. The molecule has 2 unspecified atom stereocenters. The molecule has 8 heteroatoms. The molecule has 0 fully saturated rings. The third-order valence-corrected chi connectivity index (χ3v) is 2.83. The molecule has 1 aromatic heterocycles. The van der Waals surface area contributed by atoms with Gasteiger partial charge in [-0.25, -0.2) is 0 Å². The number of rotatable bonds is 4. The molecule has 0 radical (unpaired) electrons. The molecule has 0 amide bonds. The second-order valence-electron chi connectivity index (χ2n) is 5.86. The van der Waals surface area contributed by atoms with Crippen molar-refractivity contribution in [3.63, 3.8) is 0 Å². The molecule has 0 spiro atoms. The van der Waals surface area contributed by atoms with Crippen molar-refractivity contribution in [2.45, 2.75) is 52.4 Å². The number of halogens is 3. The zero-order valence-electron chi connectivity index (χ0n) is 12.2. The maximum atomic E-state index is 12.8. The lowest BCUT2D eigenvalue weighted by Crippen LogP contribution is -2.48. The maximum Gasteiger partial charge on any atom is 0.415 e. The lowest BCUT2D eigenvalue weighted by atomic mass is 9.88. The first kappa shape index (κ1) is 16.9. The van der Waals surface area contributed by atoms with E-state index in [0.29, 0.717) is 6.61 Å². The Morgan fingerprint density at radius 1 is 1.25 bits per heavy atom. The van der Waals surface area contributed by atoms with Crippen molar-refractivity contribution in [2.75, 3.05) is 6.61 Å². The largest absolute Gasteiger partial charge is 0.415 e. The van der Waals surface area contributed by atoms with Gasteiger partial charge in [-0.1, -0.05) is 25.9 Å². The number of nitrogens with two attached hydrogens (primary N) is 1. The molecular weight excluding hydrogens is 275 g/mol. The fraction of sp³-hybridized carbons (Fsp3) is 0.833. The summed E-state index contributed by atoms with van der Waals surface area (Å²) < 4.78 is 48.7. The summed E-state index contributed by atoms with van der Waals surface area (Å²) in [5.41, 5.74) is 2.17. The van der Waals surface area contributed by atoms with Crippen LogP contribution in [0.15, 0.2) is 4.52 Å². The van der Waals surface area contributed by atoms with Gasteiger partial charge in [0.15, 0.2) is 5.54 Å². The van der Waals surface area contributed by atoms with Crippen molar-refractivity contribution >= 4 is 0 Å². The summed E-state index contributed by atoms with van der Waals surface area (Å²) in [4.78, 5) is 3.79. The quantitative estimate of drug-likeness (QED) is 0.924. The standard InChI is InChI=1S/C12H20F3N3O2/c1-6-19-7(10(2,3)4)8-17-9(20-18-8)11(5,16)12(13,14)15/h7H,6,16H2,1-5H3. The van der Waals surface area contributed by atoms with Crippen LogP contribution in [0.4, 0.5) is 13.2 Å². The van der Waals surface area contributed by atoms with Crippen molar-refractivity contribution in [1.29, 1.82) is 0 Å². The van der Waals surface area contributed by atoms with Crippen LogP contribution in [-0.4, -0.2) is 22.9 Å². The number of hydrogen-bond donors (Lipinski definition) is 1. The van der Waals surface area contributed by atoms with Gasteiger partial charge in [0.25, 0.3) is 5.89 Å². The molecule has 2 atom stereocenters. The van der Waals surface area contributed by atoms with Gasteiger partial charge < -0.3 is 15.0 Å². The summed E-state index contributed by atoms with van der Waals surface area (Å²) in [6, 6.07) is 0. The van der Waals surface area contributed by atoms with E-state index in [2.05, 4.69) is 10.1 Å². The molecule has 116 valence electrons. The van der Waals surface area contributed by atoms with E-state index < -0.39 is 23.7 Å². The molecule has 1 heterocycles. The molecule has 0 aromatic carbocycles. The van der Waals surface area contributed by atoms with Gasteiger partial charge in [-0.3, -0.25) is 0 Å². The van der Waals surface area contributed by atoms with Crippen LogP contribution in [0.1, 0.15) is 52.4 Å². The molecule has 1 aromatic rings. The molecule has 2 N–H and O–H groups in total. The van der Waals surface area contributed by atoms with Gasteiger partial charge in [-0.05, 0) is 19.3 Å². The molecule has 0 bridgehead atoms. The van der Waals surface area contributed by atoms with Gasteiger partial charge in [-0.15, -0.1) is 0 Å². The second kappa shape index (κ2) is 5.33. The summed E-state index contributed by atoms with van der Waals surface area (Å²) in [6.45, 7) is 8.56. The highest BCUT2D eigenvalue weighted by atomic mass is 19.4. The van der Waals surface area contributed by atoms with Crippen molar-refractivity contribution in [3.8, 4) is 0 Å². The van der Waals surface area contributed by atoms with Gasteiger partial charge in [-0.2, -0.15) is 18.2 Å². The molecule has 0 aliphatic carbocycles. The molecule has 0 saturated carbocycles. The van der Waals surface area contributed by atoms with Crippen molar-refractivity contribution in [1.82, 2.24) is 10.1 Å². The van der Waals surface area contributed by atoms with Crippen LogP contribution in [0.5, 0.6) is 0 Å². The van der Waals surface area contributed by atoms with Crippen molar-refractivity contribution in [2.24, 2.45) is 11.1 Å². The lowest BCUT2D eigenvalue weighted by molar-refractivity contribution is -0.190. The first-order chi connectivity index (χ1) is 8.91. The highest BCUT2D eigenvalue weighted by Crippen LogP contribution is 2.38. The third kappa shape index (κ3) is 3.29. The first-order valence-corrected chi connectivity index (χ1v) is 6.22. The lowest BCUT2D eigenvalue weighted by Gasteiger charge is -2.27. The molecular formula is C12H20F3N3O2. The van der Waals surface area contributed by atoms with Crippen LogP contribution in [0, 0.1) is 5.41 Å². The molecule has 1 rings (SSSR count). The summed E-state index contributed by atoms with van der Waals surface area (Å²) in [7, 11) is 0. The number of nitrogens with zero attached hydrogens (tertiary/aromatic N) is 2. The van der Waals surface area contributed by atoms with Crippen LogP contribution in [-0.2, 0) is 10.3 Å². The van der Waals surface area contributed by atoms with E-state index in [4.69, 9.17) is 15.0 Å². The van der Waals surface area contributed by atoms with Gasteiger partial charge in [0.1, 0.15) is 6.10 Å². The minimum absolute atomic E-state index is 0.0651. The fourth-order valence-electron chi connectivity index (χ4n) is 1.55. The summed E-state index contributed by atoms with van der Waals surface area (Å²) in [5.74, 6) is -0.607. The monoisotopic (exact) mass is 295 g/mol. The number of aromatic nitrogens is 2. The maximum absolute atomic E-state index is 12.8. The smallest absolute Gasteiger partial charge is 0.370 e. The molecule has 20 heavy (non-hydrogen) atoms. The number of hydrogen-bond acceptors (Lipinski definition) is 5. The number of ether oxygens (including phenoxy) is 1. The molecule has 0 saturated heterocycles. The Balaban J connectivity index is 3.14. The third-order valence-electron chi connectivity index (χ3n) is 2.83. The van der Waals surface area contributed by atoms with E-state index in [1.54, 1.807) is 6.92 Å². The van der Waals surface area contributed by atoms with Gasteiger partial charge in [0.2, 0.25) is 5.82 Å². The van der Waals surface area contributed by atoms with Crippen LogP contribution in [0.25, 0.3) is 0 Å². The highest BCUT2D eigenvalue weighted by Gasteiger charge is 2.54. The normalized spacial score (nSPS) is 17.9. The Morgan fingerprint density at radius 2 is 1.80 bits per heavy atom. The Morgan fingerprint density at radius 3 is 2.20 bits per heavy atom. The topological polar surface area (TPSA) is 74.2 Å². The van der Waals surface area contributed by atoms with E-state index in [-0.39, 0.29) is 11.2 Å². The first-order valence-electron chi connectivity index (χ1n) is 6.22. The van der Waals surface area contributed by atoms with E-state index in [0.717, 1.165) is 6.92 Å². The van der Waals surface area contributed by atoms with Gasteiger partial charge >= 0.3 is 6.18 Å². The van der Waals surface area contributed by atoms with Crippen LogP contribution < -0.4 is 5.73 Å². The van der Waals surface area contributed by atoms with E-state index in [9.17, 15) is 13.2 Å². The Bertz CT molecular complexity index is 450. The van der Waals surface area contributed by atoms with E-state index in [1.165, 1.54) is 0 Å². The zero-order valence-corrected chi connectivity index (χ0v) is 12.2. The summed E-state index contributed by atoms with van der Waals surface area (Å²) in [5, 5.41) is 3.59. The Kier molecular flexibility index (Phi) is 4.50. The second-order valence-corrected chi connectivity index (χ2v) is 5.86. The molecule has 5 nitrogen and oxygen atoms in total. The van der Waals surface area contributed by atoms with Crippen LogP contribution >= 0.6 is 0 Å². The minimum Gasteiger partial charge on any atom is -0.370 e. The predicted molar refractivity (Wildman–Crippen MR) is 65.7 cm³/mol. The van der Waals surface area contributed by atoms with Crippen molar-refractivity contribution < 1.29 is 22.4 Å². The average Bonchev–Trinajstić information content (AvgIpc) is 2.71. The SMILES string of the molecule is CCOC(c1noc(C(C)(N)C(F)(F)F)n1)C(C)(C)C. The van der Waals surface area contributed by atoms with Crippen molar-refractivity contribution in [3.05, 3.63) is 11.7 Å². The number of alkyl halides is 3. The van der Waals surface area contributed by atoms with E-state index >= 15 is 0 Å². The highest BCUT2D eigenvalue weighted by molar-refractivity contribution is 5.06. The van der Waals surface area contributed by atoms with E-state index in [1.807, 2.05) is 20.8 Å². The average molecular weight is 295 g/mol.